The maximum Gasteiger partial charge on any atom is 0.227 e. The van der Waals surface area contributed by atoms with E-state index in [4.69, 9.17) is 0 Å². The molecular weight excluding hydrogens is 228 g/mol. The van der Waals surface area contributed by atoms with Crippen LogP contribution in [-0.4, -0.2) is 29.7 Å². The molecule has 1 amide bonds. The average molecular weight is 248 g/mol. The molecule has 1 saturated heterocycles. The minimum atomic E-state index is -0.862. The van der Waals surface area contributed by atoms with E-state index < -0.39 is 5.60 Å². The Kier molecular flexibility index (Phi) is 3.68. The Morgan fingerprint density at radius 2 is 2.22 bits per heavy atom. The van der Waals surface area contributed by atoms with Crippen molar-refractivity contribution < 1.29 is 9.90 Å². The number of rotatable bonds is 4. The van der Waals surface area contributed by atoms with E-state index in [1.54, 1.807) is 0 Å². The molecule has 1 aromatic carbocycles. The van der Waals surface area contributed by atoms with Gasteiger partial charge in [0.05, 0.1) is 12.0 Å². The molecule has 0 aromatic heterocycles. The molecule has 2 rings (SSSR count). The van der Waals surface area contributed by atoms with Crippen molar-refractivity contribution >= 4 is 11.6 Å². The molecule has 1 aliphatic rings. The zero-order chi connectivity index (χ0) is 13.2. The molecule has 1 aliphatic heterocycles. The highest BCUT2D eigenvalue weighted by molar-refractivity contribution is 5.93. The highest BCUT2D eigenvalue weighted by Gasteiger charge is 2.36. The number of hydrogen-bond acceptors (Lipinski definition) is 3. The first-order valence-corrected chi connectivity index (χ1v) is 6.35. The highest BCUT2D eigenvalue weighted by Crippen LogP contribution is 2.23. The maximum absolute atomic E-state index is 11.9. The Morgan fingerprint density at radius 1 is 1.50 bits per heavy atom. The van der Waals surface area contributed by atoms with Crippen LogP contribution >= 0.6 is 0 Å². The second kappa shape index (κ2) is 5.08. The van der Waals surface area contributed by atoms with Crippen LogP contribution in [0.1, 0.15) is 24.5 Å². The first kappa shape index (κ1) is 13.1. The summed E-state index contributed by atoms with van der Waals surface area (Å²) < 4.78 is 0. The van der Waals surface area contributed by atoms with Gasteiger partial charge in [-0.15, -0.1) is 0 Å². The minimum Gasteiger partial charge on any atom is -0.387 e. The number of carbonyl (C=O) groups excluding carboxylic acids is 1. The molecule has 0 aliphatic carbocycles. The zero-order valence-electron chi connectivity index (χ0n) is 10.9. The highest BCUT2D eigenvalue weighted by atomic mass is 16.3. The van der Waals surface area contributed by atoms with Gasteiger partial charge in [-0.05, 0) is 24.5 Å². The standard InChI is InChI=1S/C14H20N2O2/c1-3-11-6-4-5-10(2)13(11)16-12(17)7-14(18)8-15-9-14/h4-6,15,18H,3,7-9H2,1-2H3,(H,16,17). The summed E-state index contributed by atoms with van der Waals surface area (Å²) in [5, 5.41) is 15.8. The number of para-hydroxylation sites is 1. The average Bonchev–Trinajstić information content (AvgIpc) is 2.29. The van der Waals surface area contributed by atoms with Gasteiger partial charge in [0, 0.05) is 18.8 Å². The Hall–Kier alpha value is -1.39. The van der Waals surface area contributed by atoms with Crippen LogP contribution in [0.2, 0.25) is 0 Å². The lowest BCUT2D eigenvalue weighted by atomic mass is 9.92. The number of anilines is 1. The van der Waals surface area contributed by atoms with Crippen LogP contribution in [-0.2, 0) is 11.2 Å². The molecule has 0 atom stereocenters. The monoisotopic (exact) mass is 248 g/mol. The van der Waals surface area contributed by atoms with E-state index in [0.29, 0.717) is 13.1 Å². The first-order chi connectivity index (χ1) is 8.54. The van der Waals surface area contributed by atoms with E-state index in [0.717, 1.165) is 23.2 Å². The molecule has 4 nitrogen and oxygen atoms in total. The number of hydrogen-bond donors (Lipinski definition) is 3. The number of aryl methyl sites for hydroxylation is 2. The number of aliphatic hydroxyl groups is 1. The fourth-order valence-electron chi connectivity index (χ4n) is 2.22. The Balaban J connectivity index is 2.06. The topological polar surface area (TPSA) is 61.4 Å². The van der Waals surface area contributed by atoms with Gasteiger partial charge in [-0.3, -0.25) is 4.79 Å². The summed E-state index contributed by atoms with van der Waals surface area (Å²) in [5.41, 5.74) is 2.21. The van der Waals surface area contributed by atoms with Crippen LogP contribution < -0.4 is 10.6 Å². The van der Waals surface area contributed by atoms with Crippen LogP contribution in [0.15, 0.2) is 18.2 Å². The summed E-state index contributed by atoms with van der Waals surface area (Å²) in [6, 6.07) is 5.99. The molecule has 1 fully saturated rings. The van der Waals surface area contributed by atoms with Gasteiger partial charge in [-0.1, -0.05) is 25.1 Å². The lowest BCUT2D eigenvalue weighted by Gasteiger charge is -2.37. The number of amides is 1. The smallest absolute Gasteiger partial charge is 0.227 e. The van der Waals surface area contributed by atoms with Gasteiger partial charge < -0.3 is 15.7 Å². The maximum atomic E-state index is 11.9. The van der Waals surface area contributed by atoms with Crippen LogP contribution in [0, 0.1) is 6.92 Å². The Labute approximate surface area is 107 Å². The second-order valence-corrected chi connectivity index (χ2v) is 5.02. The van der Waals surface area contributed by atoms with Crippen molar-refractivity contribution in [3.05, 3.63) is 29.3 Å². The van der Waals surface area contributed by atoms with E-state index in [2.05, 4.69) is 17.6 Å². The normalized spacial score (nSPS) is 17.1. The van der Waals surface area contributed by atoms with Crippen molar-refractivity contribution in [2.45, 2.75) is 32.3 Å². The predicted octanol–water partition coefficient (Wildman–Crippen LogP) is 1.22. The van der Waals surface area contributed by atoms with Crippen molar-refractivity contribution in [3.63, 3.8) is 0 Å². The third-order valence-electron chi connectivity index (χ3n) is 3.40. The first-order valence-electron chi connectivity index (χ1n) is 6.35. The van der Waals surface area contributed by atoms with E-state index in [1.165, 1.54) is 0 Å². The van der Waals surface area contributed by atoms with Gasteiger partial charge in [0.2, 0.25) is 5.91 Å². The van der Waals surface area contributed by atoms with Crippen molar-refractivity contribution in [3.8, 4) is 0 Å². The largest absolute Gasteiger partial charge is 0.387 e. The van der Waals surface area contributed by atoms with E-state index in [-0.39, 0.29) is 12.3 Å². The molecule has 18 heavy (non-hydrogen) atoms. The molecule has 98 valence electrons. The van der Waals surface area contributed by atoms with Gasteiger partial charge in [0.1, 0.15) is 0 Å². The number of carbonyl (C=O) groups is 1. The summed E-state index contributed by atoms with van der Waals surface area (Å²) in [6.45, 7) is 5.03. The summed E-state index contributed by atoms with van der Waals surface area (Å²) >= 11 is 0. The van der Waals surface area contributed by atoms with E-state index in [9.17, 15) is 9.90 Å². The van der Waals surface area contributed by atoms with Crippen molar-refractivity contribution in [1.29, 1.82) is 0 Å². The van der Waals surface area contributed by atoms with Crippen molar-refractivity contribution in [2.24, 2.45) is 0 Å². The van der Waals surface area contributed by atoms with Gasteiger partial charge in [0.15, 0.2) is 0 Å². The molecule has 0 radical (unpaired) electrons. The third kappa shape index (κ3) is 2.71. The molecule has 3 N–H and O–H groups in total. The van der Waals surface area contributed by atoms with Crippen LogP contribution in [0.5, 0.6) is 0 Å². The lowest BCUT2D eigenvalue weighted by Crippen LogP contribution is -2.60. The summed E-state index contributed by atoms with van der Waals surface area (Å²) in [7, 11) is 0. The summed E-state index contributed by atoms with van der Waals surface area (Å²) in [6.07, 6.45) is 1.03. The fourth-order valence-corrected chi connectivity index (χ4v) is 2.22. The fraction of sp³-hybridized carbons (Fsp3) is 0.500. The quantitative estimate of drug-likeness (QED) is 0.751. The summed E-state index contributed by atoms with van der Waals surface area (Å²) in [5.74, 6) is -0.122. The van der Waals surface area contributed by atoms with Crippen LogP contribution in [0.25, 0.3) is 0 Å². The predicted molar refractivity (Wildman–Crippen MR) is 71.6 cm³/mol. The van der Waals surface area contributed by atoms with Gasteiger partial charge in [0.25, 0.3) is 0 Å². The molecule has 1 heterocycles. The van der Waals surface area contributed by atoms with Gasteiger partial charge >= 0.3 is 0 Å². The molecule has 0 bridgehead atoms. The second-order valence-electron chi connectivity index (χ2n) is 5.02. The Morgan fingerprint density at radius 3 is 2.78 bits per heavy atom. The van der Waals surface area contributed by atoms with Crippen molar-refractivity contribution in [2.75, 3.05) is 18.4 Å². The molecule has 4 heteroatoms. The SMILES string of the molecule is CCc1cccc(C)c1NC(=O)CC1(O)CNC1. The molecule has 0 spiro atoms. The lowest BCUT2D eigenvalue weighted by molar-refractivity contribution is -0.123. The molecule has 0 saturated carbocycles. The zero-order valence-corrected chi connectivity index (χ0v) is 10.9. The molecule has 1 aromatic rings. The van der Waals surface area contributed by atoms with Crippen LogP contribution in [0.3, 0.4) is 0 Å². The van der Waals surface area contributed by atoms with E-state index >= 15 is 0 Å². The Bertz CT molecular complexity index is 453. The van der Waals surface area contributed by atoms with Crippen LogP contribution in [0.4, 0.5) is 5.69 Å². The van der Waals surface area contributed by atoms with Crippen molar-refractivity contribution in [1.82, 2.24) is 5.32 Å². The van der Waals surface area contributed by atoms with Gasteiger partial charge in [-0.25, -0.2) is 0 Å². The van der Waals surface area contributed by atoms with E-state index in [1.807, 2.05) is 25.1 Å². The summed E-state index contributed by atoms with van der Waals surface area (Å²) in [4.78, 5) is 11.9. The number of nitrogens with one attached hydrogen (secondary N) is 2. The minimum absolute atomic E-state index is 0.122. The number of β-amino-alcohol motifs (C(OH)–C–C–N with tert-alkyl or cyclic N) is 1. The van der Waals surface area contributed by atoms with Gasteiger partial charge in [-0.2, -0.15) is 0 Å². The number of benzene rings is 1. The third-order valence-corrected chi connectivity index (χ3v) is 3.40. The molecular formula is C14H20N2O2. The molecule has 0 unspecified atom stereocenters.